The maximum absolute atomic E-state index is 6.00. The van der Waals surface area contributed by atoms with Crippen molar-refractivity contribution in [1.29, 1.82) is 0 Å². The summed E-state index contributed by atoms with van der Waals surface area (Å²) in [5.41, 5.74) is 0. The Bertz CT molecular complexity index is 295. The summed E-state index contributed by atoms with van der Waals surface area (Å²) in [6.45, 7) is 2.07. The standard InChI is InChI=1S/C9H14ClN3/c1-11-4-7-2-3-9-12-5-8(10)13(9)6-7/h5,7,11H,2-4,6H2,1H3. The van der Waals surface area contributed by atoms with Crippen LogP contribution in [0.3, 0.4) is 0 Å². The second kappa shape index (κ2) is 3.68. The molecular weight excluding hydrogens is 186 g/mol. The van der Waals surface area contributed by atoms with Crippen molar-refractivity contribution in [3.63, 3.8) is 0 Å². The quantitative estimate of drug-likeness (QED) is 0.779. The van der Waals surface area contributed by atoms with Crippen molar-refractivity contribution in [1.82, 2.24) is 14.9 Å². The number of rotatable bonds is 2. The summed E-state index contributed by atoms with van der Waals surface area (Å²) in [5, 5.41) is 3.98. The lowest BCUT2D eigenvalue weighted by Crippen LogP contribution is -2.28. The first kappa shape index (κ1) is 9.03. The highest BCUT2D eigenvalue weighted by Gasteiger charge is 2.20. The van der Waals surface area contributed by atoms with E-state index in [0.717, 1.165) is 30.5 Å². The zero-order valence-electron chi connectivity index (χ0n) is 7.76. The van der Waals surface area contributed by atoms with Crippen LogP contribution in [0, 0.1) is 5.92 Å². The Morgan fingerprint density at radius 3 is 3.38 bits per heavy atom. The molecule has 1 N–H and O–H groups in total. The number of fused-ring (bicyclic) bond motifs is 1. The van der Waals surface area contributed by atoms with Crippen LogP contribution in [0.5, 0.6) is 0 Å². The molecule has 1 unspecified atom stereocenters. The van der Waals surface area contributed by atoms with Gasteiger partial charge in [-0.3, -0.25) is 0 Å². The normalized spacial score (nSPS) is 21.5. The predicted octanol–water partition coefficient (Wildman–Crippen LogP) is 1.32. The summed E-state index contributed by atoms with van der Waals surface area (Å²) in [7, 11) is 1.99. The van der Waals surface area contributed by atoms with Crippen LogP contribution in [0.4, 0.5) is 0 Å². The number of halogens is 1. The number of hydrogen-bond donors (Lipinski definition) is 1. The molecule has 13 heavy (non-hydrogen) atoms. The highest BCUT2D eigenvalue weighted by Crippen LogP contribution is 2.22. The van der Waals surface area contributed by atoms with E-state index in [1.165, 1.54) is 6.42 Å². The SMILES string of the molecule is CNCC1CCc2ncc(Cl)n2C1. The zero-order valence-corrected chi connectivity index (χ0v) is 8.51. The molecule has 2 heterocycles. The van der Waals surface area contributed by atoms with E-state index >= 15 is 0 Å². The fourth-order valence-electron chi connectivity index (χ4n) is 1.92. The largest absolute Gasteiger partial charge is 0.319 e. The molecule has 1 aliphatic heterocycles. The van der Waals surface area contributed by atoms with Gasteiger partial charge in [-0.05, 0) is 25.9 Å². The van der Waals surface area contributed by atoms with Crippen LogP contribution in [0.1, 0.15) is 12.2 Å². The van der Waals surface area contributed by atoms with Crippen molar-refractivity contribution in [2.75, 3.05) is 13.6 Å². The number of nitrogens with one attached hydrogen (secondary N) is 1. The van der Waals surface area contributed by atoms with E-state index in [1.807, 2.05) is 7.05 Å². The summed E-state index contributed by atoms with van der Waals surface area (Å²) in [6.07, 6.45) is 4.02. The summed E-state index contributed by atoms with van der Waals surface area (Å²) < 4.78 is 2.12. The predicted molar refractivity (Wildman–Crippen MR) is 53.0 cm³/mol. The number of nitrogens with zero attached hydrogens (tertiary/aromatic N) is 2. The van der Waals surface area contributed by atoms with Crippen LogP contribution in [-0.4, -0.2) is 23.1 Å². The summed E-state index contributed by atoms with van der Waals surface area (Å²) in [4.78, 5) is 4.26. The van der Waals surface area contributed by atoms with Gasteiger partial charge in [-0.15, -0.1) is 0 Å². The highest BCUT2D eigenvalue weighted by molar-refractivity contribution is 6.29. The molecule has 0 amide bonds. The molecule has 72 valence electrons. The molecule has 1 aromatic rings. The Morgan fingerprint density at radius 1 is 1.77 bits per heavy atom. The van der Waals surface area contributed by atoms with E-state index < -0.39 is 0 Å². The fraction of sp³-hybridized carbons (Fsp3) is 0.667. The van der Waals surface area contributed by atoms with E-state index in [1.54, 1.807) is 6.20 Å². The van der Waals surface area contributed by atoms with E-state index in [2.05, 4.69) is 14.9 Å². The van der Waals surface area contributed by atoms with E-state index in [-0.39, 0.29) is 0 Å². The minimum Gasteiger partial charge on any atom is -0.319 e. The van der Waals surface area contributed by atoms with Gasteiger partial charge in [0.1, 0.15) is 11.0 Å². The summed E-state index contributed by atoms with van der Waals surface area (Å²) in [5.74, 6) is 1.83. The molecule has 1 aliphatic rings. The third-order valence-electron chi connectivity index (χ3n) is 2.60. The van der Waals surface area contributed by atoms with Crippen LogP contribution >= 0.6 is 11.6 Å². The van der Waals surface area contributed by atoms with Crippen molar-refractivity contribution >= 4 is 11.6 Å². The number of aromatic nitrogens is 2. The summed E-state index contributed by atoms with van der Waals surface area (Å²) >= 11 is 6.00. The van der Waals surface area contributed by atoms with Gasteiger partial charge in [-0.2, -0.15) is 0 Å². The average molecular weight is 200 g/mol. The lowest BCUT2D eigenvalue weighted by atomic mass is 10.00. The molecule has 0 aliphatic carbocycles. The van der Waals surface area contributed by atoms with Crippen LogP contribution in [0.2, 0.25) is 5.15 Å². The lowest BCUT2D eigenvalue weighted by Gasteiger charge is -2.23. The molecule has 1 atom stereocenters. The molecule has 0 spiro atoms. The molecule has 3 nitrogen and oxygen atoms in total. The highest BCUT2D eigenvalue weighted by atomic mass is 35.5. The van der Waals surface area contributed by atoms with Gasteiger partial charge in [-0.25, -0.2) is 4.98 Å². The van der Waals surface area contributed by atoms with E-state index in [4.69, 9.17) is 11.6 Å². The monoisotopic (exact) mass is 199 g/mol. The Balaban J connectivity index is 2.13. The van der Waals surface area contributed by atoms with Gasteiger partial charge in [0, 0.05) is 13.0 Å². The molecule has 0 radical (unpaired) electrons. The Hall–Kier alpha value is -0.540. The third kappa shape index (κ3) is 1.71. The van der Waals surface area contributed by atoms with Crippen molar-refractivity contribution in [3.8, 4) is 0 Å². The lowest BCUT2D eigenvalue weighted by molar-refractivity contribution is 0.356. The maximum atomic E-state index is 6.00. The first-order chi connectivity index (χ1) is 6.31. The van der Waals surface area contributed by atoms with E-state index in [0.29, 0.717) is 5.92 Å². The van der Waals surface area contributed by atoms with Crippen LogP contribution in [0.15, 0.2) is 6.20 Å². The Morgan fingerprint density at radius 2 is 2.62 bits per heavy atom. The Kier molecular flexibility index (Phi) is 2.56. The first-order valence-corrected chi connectivity index (χ1v) is 5.03. The smallest absolute Gasteiger partial charge is 0.128 e. The maximum Gasteiger partial charge on any atom is 0.128 e. The van der Waals surface area contributed by atoms with Crippen LogP contribution in [0.25, 0.3) is 0 Å². The number of aryl methyl sites for hydroxylation is 1. The van der Waals surface area contributed by atoms with Crippen LogP contribution < -0.4 is 5.32 Å². The van der Waals surface area contributed by atoms with Gasteiger partial charge in [0.05, 0.1) is 6.20 Å². The third-order valence-corrected chi connectivity index (χ3v) is 2.90. The molecule has 0 bridgehead atoms. The molecule has 0 aromatic carbocycles. The topological polar surface area (TPSA) is 29.9 Å². The van der Waals surface area contributed by atoms with Gasteiger partial charge in [-0.1, -0.05) is 11.6 Å². The second-order valence-corrected chi connectivity index (χ2v) is 3.96. The fourth-order valence-corrected chi connectivity index (χ4v) is 2.14. The molecule has 0 saturated carbocycles. The van der Waals surface area contributed by atoms with Gasteiger partial charge in [0.2, 0.25) is 0 Å². The van der Waals surface area contributed by atoms with Crippen molar-refractivity contribution in [2.45, 2.75) is 19.4 Å². The average Bonchev–Trinajstić information content (AvgIpc) is 2.49. The zero-order chi connectivity index (χ0) is 9.26. The van der Waals surface area contributed by atoms with Gasteiger partial charge in [0.25, 0.3) is 0 Å². The first-order valence-electron chi connectivity index (χ1n) is 4.65. The minimum atomic E-state index is 0.698. The van der Waals surface area contributed by atoms with Gasteiger partial charge < -0.3 is 9.88 Å². The molecule has 0 saturated heterocycles. The minimum absolute atomic E-state index is 0.698. The molecule has 2 rings (SSSR count). The van der Waals surface area contributed by atoms with Crippen molar-refractivity contribution in [2.24, 2.45) is 5.92 Å². The van der Waals surface area contributed by atoms with Crippen LogP contribution in [-0.2, 0) is 13.0 Å². The van der Waals surface area contributed by atoms with Crippen molar-refractivity contribution < 1.29 is 0 Å². The second-order valence-electron chi connectivity index (χ2n) is 3.57. The van der Waals surface area contributed by atoms with Gasteiger partial charge in [0.15, 0.2) is 0 Å². The molecular formula is C9H14ClN3. The molecule has 0 fully saturated rings. The molecule has 1 aromatic heterocycles. The number of hydrogen-bond acceptors (Lipinski definition) is 2. The molecule has 4 heteroatoms. The van der Waals surface area contributed by atoms with Crippen molar-refractivity contribution in [3.05, 3.63) is 17.2 Å². The summed E-state index contributed by atoms with van der Waals surface area (Å²) in [6, 6.07) is 0. The van der Waals surface area contributed by atoms with Gasteiger partial charge >= 0.3 is 0 Å². The Labute approximate surface area is 83.1 Å². The number of imidazole rings is 1. The van der Waals surface area contributed by atoms with E-state index in [9.17, 15) is 0 Å².